The van der Waals surface area contributed by atoms with Crippen LogP contribution in [0.4, 0.5) is 0 Å². The Morgan fingerprint density at radius 2 is 1.55 bits per heavy atom. The maximum Gasteiger partial charge on any atom is 0.164 e. The first kappa shape index (κ1) is 38.4. The van der Waals surface area contributed by atoms with E-state index < -0.39 is 0 Å². The Labute approximate surface area is 308 Å². The van der Waals surface area contributed by atoms with E-state index in [1.165, 1.54) is 21.7 Å². The summed E-state index contributed by atoms with van der Waals surface area (Å²) in [7, 11) is 0. The molecule has 5 nitrogen and oxygen atoms in total. The van der Waals surface area contributed by atoms with Gasteiger partial charge >= 0.3 is 0 Å². The van der Waals surface area contributed by atoms with Crippen LogP contribution in [0.5, 0.6) is 0 Å². The fraction of sp³-hybridized carbons (Fsp3) is 0.405. The summed E-state index contributed by atoms with van der Waals surface area (Å²) in [6.45, 7) is 20.8. The van der Waals surface area contributed by atoms with Crippen molar-refractivity contribution in [2.75, 3.05) is 0 Å². The number of benzene rings is 3. The second-order valence-corrected chi connectivity index (χ2v) is 15.6. The van der Waals surface area contributed by atoms with Crippen LogP contribution in [0.1, 0.15) is 99.3 Å². The zero-order valence-corrected chi connectivity index (χ0v) is 33.7. The predicted molar refractivity (Wildman–Crippen MR) is 203 cm³/mol. The molecule has 261 valence electrons. The summed E-state index contributed by atoms with van der Waals surface area (Å²) in [6.07, 6.45) is 6.42. The number of hydrogen-bond acceptors (Lipinski definition) is 6. The van der Waals surface area contributed by atoms with E-state index in [0.29, 0.717) is 0 Å². The largest absolute Gasteiger partial charge is 0.512 e. The molecule has 6 rings (SSSR count). The van der Waals surface area contributed by atoms with Gasteiger partial charge in [-0.3, -0.25) is 9.78 Å². The van der Waals surface area contributed by atoms with Crippen LogP contribution in [0.15, 0.2) is 71.1 Å². The summed E-state index contributed by atoms with van der Waals surface area (Å²) in [6, 6.07) is 20.8. The molecule has 7 heteroatoms. The van der Waals surface area contributed by atoms with Crippen LogP contribution in [0.2, 0.25) is 0 Å². The van der Waals surface area contributed by atoms with E-state index in [2.05, 4.69) is 80.4 Å². The van der Waals surface area contributed by atoms with Crippen molar-refractivity contribution in [1.82, 2.24) is 9.97 Å². The van der Waals surface area contributed by atoms with Gasteiger partial charge in [0.1, 0.15) is 28.3 Å². The third kappa shape index (κ3) is 7.55. The number of hydrogen-bond donors (Lipinski definition) is 1. The number of carbonyl (C=O) groups is 1. The van der Waals surface area contributed by atoms with Gasteiger partial charge in [0.05, 0.1) is 0 Å². The minimum absolute atomic E-state index is 0. The van der Waals surface area contributed by atoms with Crippen molar-refractivity contribution in [3.05, 3.63) is 84.1 Å². The topological polar surface area (TPSA) is 76.2 Å². The average Bonchev–Trinajstić information content (AvgIpc) is 3.63. The van der Waals surface area contributed by atoms with Gasteiger partial charge in [-0.15, -0.1) is 40.5 Å². The molecular formula is C42H49IrN2O3S-. The molecule has 0 amide bonds. The second kappa shape index (κ2) is 14.8. The molecule has 0 atom stereocenters. The normalized spacial score (nSPS) is 12.7. The van der Waals surface area contributed by atoms with Gasteiger partial charge in [0, 0.05) is 63.6 Å². The fourth-order valence-electron chi connectivity index (χ4n) is 6.14. The summed E-state index contributed by atoms with van der Waals surface area (Å²) >= 11 is 1.70. The van der Waals surface area contributed by atoms with Gasteiger partial charge in [0.2, 0.25) is 0 Å². The van der Waals surface area contributed by atoms with Crippen molar-refractivity contribution in [3.63, 3.8) is 0 Å². The molecule has 3 heterocycles. The van der Waals surface area contributed by atoms with Gasteiger partial charge in [0.25, 0.3) is 0 Å². The van der Waals surface area contributed by atoms with Crippen LogP contribution in [0, 0.1) is 23.8 Å². The number of aliphatic hydroxyl groups excluding tert-OH is 1. The van der Waals surface area contributed by atoms with Crippen molar-refractivity contribution in [2.45, 2.75) is 100 Å². The Hall–Kier alpha value is -3.38. The Balaban J connectivity index is 0.000000260. The molecule has 1 radical (unpaired) electrons. The second-order valence-electron chi connectivity index (χ2n) is 14.6. The third-order valence-electron chi connectivity index (χ3n) is 10.5. The van der Waals surface area contributed by atoms with Gasteiger partial charge in [-0.1, -0.05) is 91.5 Å². The zero-order chi connectivity index (χ0) is 35.0. The van der Waals surface area contributed by atoms with Crippen molar-refractivity contribution in [3.8, 4) is 11.3 Å². The first-order chi connectivity index (χ1) is 22.7. The molecule has 1 N–H and O–H groups in total. The van der Waals surface area contributed by atoms with E-state index in [9.17, 15) is 9.90 Å². The molecule has 3 aromatic carbocycles. The van der Waals surface area contributed by atoms with Gasteiger partial charge in [0.15, 0.2) is 5.78 Å². The van der Waals surface area contributed by atoms with Crippen LogP contribution in [-0.2, 0) is 30.3 Å². The van der Waals surface area contributed by atoms with E-state index in [0.717, 1.165) is 74.7 Å². The van der Waals surface area contributed by atoms with Crippen molar-refractivity contribution in [2.24, 2.45) is 10.8 Å². The minimum atomic E-state index is -0.337. The van der Waals surface area contributed by atoms with Crippen LogP contribution in [-0.4, -0.2) is 20.9 Å². The van der Waals surface area contributed by atoms with Gasteiger partial charge in [-0.05, 0) is 56.2 Å². The molecule has 49 heavy (non-hydrogen) atoms. The first-order valence-corrected chi connectivity index (χ1v) is 18.0. The number of furan rings is 1. The number of thiophene rings is 1. The molecule has 0 aliphatic rings. The number of aliphatic hydroxyl groups is 1. The molecule has 0 unspecified atom stereocenters. The van der Waals surface area contributed by atoms with Gasteiger partial charge < -0.3 is 9.52 Å². The minimum Gasteiger partial charge on any atom is -0.512 e. The summed E-state index contributed by atoms with van der Waals surface area (Å²) in [5.74, 6) is 1.21. The van der Waals surface area contributed by atoms with E-state index in [1.807, 2.05) is 48.5 Å². The molecular weight excluding hydrogens is 805 g/mol. The summed E-state index contributed by atoms with van der Waals surface area (Å²) in [5, 5.41) is 15.8. The monoisotopic (exact) mass is 854 g/mol. The number of allylic oxidation sites excluding steroid dienone is 2. The zero-order valence-electron chi connectivity index (χ0n) is 30.5. The number of aryl methyl sites for hydroxylation is 1. The molecule has 6 aromatic rings. The summed E-state index contributed by atoms with van der Waals surface area (Å²) < 4.78 is 7.11. The summed E-state index contributed by atoms with van der Waals surface area (Å²) in [4.78, 5) is 22.5. The Bertz CT molecular complexity index is 2140. The SMILES string of the molecule is CCC(C)(CC)C(=O)/C=C(\O)C(C)(CC)CC.Cc1cc2cc3sc4ncnc(-c5[c-]c6ccccc6c(C(C)(C)C)c5)c4c3cc2o1.[Ir]. The van der Waals surface area contributed by atoms with E-state index >= 15 is 0 Å². The standard InChI is InChI=1S/C27H21N2OS.C15H28O2.Ir/c1-15-9-17-12-23-20(13-22(17)30-15)24-25(28-14-29-26(24)31-23)18-10-16-7-5-6-8-19(16)21(11-18)27(2,3)4;1-7-14(5,8-2)12(16)11-13(17)15(6,9-3)10-4;/h5-9,11-14H,1-4H3;11,16H,7-10H2,1-6H3;/q-1;;/b;12-11-;. The number of fused-ring (bicyclic) bond motifs is 5. The van der Waals surface area contributed by atoms with Crippen molar-refractivity contribution >= 4 is 59.2 Å². The third-order valence-corrected chi connectivity index (χ3v) is 11.5. The maximum absolute atomic E-state index is 12.2. The van der Waals surface area contributed by atoms with Crippen molar-refractivity contribution < 1.29 is 34.4 Å². The van der Waals surface area contributed by atoms with Crippen LogP contribution in [0.25, 0.3) is 53.3 Å². The van der Waals surface area contributed by atoms with Gasteiger partial charge in [-0.25, -0.2) is 4.98 Å². The van der Waals surface area contributed by atoms with E-state index in [4.69, 9.17) is 9.40 Å². The molecule has 0 spiro atoms. The molecule has 0 saturated carbocycles. The smallest absolute Gasteiger partial charge is 0.164 e. The van der Waals surface area contributed by atoms with E-state index in [1.54, 1.807) is 17.7 Å². The summed E-state index contributed by atoms with van der Waals surface area (Å²) in [5.41, 5.74) is 3.53. The Kier molecular flexibility index (Phi) is 11.6. The van der Waals surface area contributed by atoms with Crippen LogP contribution < -0.4 is 0 Å². The Morgan fingerprint density at radius 1 is 0.898 bits per heavy atom. The maximum atomic E-state index is 12.2. The number of ketones is 1. The number of carbonyl (C=O) groups excluding carboxylic acids is 1. The number of aromatic nitrogens is 2. The quantitative estimate of drug-likeness (QED) is 0.0938. The molecule has 3 aromatic heterocycles. The van der Waals surface area contributed by atoms with Gasteiger partial charge in [-0.2, -0.15) is 0 Å². The fourth-order valence-corrected chi connectivity index (χ4v) is 7.21. The Morgan fingerprint density at radius 3 is 2.18 bits per heavy atom. The molecule has 0 fully saturated rings. The first-order valence-electron chi connectivity index (χ1n) is 17.2. The number of nitrogens with zero attached hydrogens (tertiary/aromatic N) is 2. The molecule has 0 aliphatic carbocycles. The number of rotatable bonds is 8. The van der Waals surface area contributed by atoms with Crippen LogP contribution in [0.3, 0.4) is 0 Å². The molecule has 0 bridgehead atoms. The van der Waals surface area contributed by atoms with Crippen LogP contribution >= 0.6 is 11.3 Å². The van der Waals surface area contributed by atoms with E-state index in [-0.39, 0.29) is 47.9 Å². The molecule has 0 aliphatic heterocycles. The predicted octanol–water partition coefficient (Wildman–Crippen LogP) is 12.5. The molecule has 0 saturated heterocycles. The van der Waals surface area contributed by atoms with Crippen molar-refractivity contribution in [1.29, 1.82) is 0 Å². The average molecular weight is 854 g/mol.